The molecule has 0 aliphatic rings. The quantitative estimate of drug-likeness (QED) is 0.576. The van der Waals surface area contributed by atoms with Crippen molar-refractivity contribution < 1.29 is 4.39 Å². The molecule has 0 heterocycles. The third-order valence-corrected chi connectivity index (χ3v) is 4.06. The lowest BCUT2D eigenvalue weighted by molar-refractivity contribution is 0.606. The first-order valence-corrected chi connectivity index (χ1v) is 7.07. The van der Waals surface area contributed by atoms with Gasteiger partial charge in [-0.05, 0) is 36.2 Å². The number of rotatable bonds is 3. The summed E-state index contributed by atoms with van der Waals surface area (Å²) in [6, 6.07) is 9.70. The topological polar surface area (TPSA) is 0 Å². The van der Waals surface area contributed by atoms with E-state index in [4.69, 9.17) is 46.4 Å². The Labute approximate surface area is 131 Å². The molecule has 0 N–H and O–H groups in total. The summed E-state index contributed by atoms with van der Waals surface area (Å²) in [6.45, 7) is 0. The Balaban J connectivity index is 2.20. The van der Waals surface area contributed by atoms with Gasteiger partial charge in [0.25, 0.3) is 0 Å². The van der Waals surface area contributed by atoms with Crippen LogP contribution in [-0.2, 0) is 6.42 Å². The minimum absolute atomic E-state index is 0.347. The van der Waals surface area contributed by atoms with Gasteiger partial charge < -0.3 is 0 Å². The molecule has 1 unspecified atom stereocenters. The highest BCUT2D eigenvalue weighted by molar-refractivity contribution is 6.42. The van der Waals surface area contributed by atoms with Crippen LogP contribution < -0.4 is 0 Å². The predicted molar refractivity (Wildman–Crippen MR) is 80.2 cm³/mol. The lowest BCUT2D eigenvalue weighted by atomic mass is 10.0. The van der Waals surface area contributed by atoms with Gasteiger partial charge in [-0.3, -0.25) is 0 Å². The summed E-state index contributed by atoms with van der Waals surface area (Å²) in [5.41, 5.74) is 1.31. The van der Waals surface area contributed by atoms with E-state index in [-0.39, 0.29) is 0 Å². The highest BCUT2D eigenvalue weighted by Crippen LogP contribution is 2.31. The van der Waals surface area contributed by atoms with Crippen molar-refractivity contribution in [2.45, 2.75) is 11.8 Å². The van der Waals surface area contributed by atoms with Crippen LogP contribution in [0.1, 0.15) is 16.5 Å². The molecule has 1 atom stereocenters. The molecule has 0 spiro atoms. The summed E-state index contributed by atoms with van der Waals surface area (Å²) in [5, 5.41) is 0.794. The Kier molecular flexibility index (Phi) is 4.97. The molecule has 0 nitrogen and oxygen atoms in total. The van der Waals surface area contributed by atoms with Crippen LogP contribution in [0.5, 0.6) is 0 Å². The molecule has 0 radical (unpaired) electrons. The van der Waals surface area contributed by atoms with Crippen LogP contribution in [-0.4, -0.2) is 0 Å². The van der Waals surface area contributed by atoms with Crippen LogP contribution in [0.2, 0.25) is 15.1 Å². The fourth-order valence-corrected chi connectivity index (χ4v) is 2.57. The van der Waals surface area contributed by atoms with Crippen molar-refractivity contribution in [3.05, 3.63) is 68.4 Å². The van der Waals surface area contributed by atoms with E-state index in [1.54, 1.807) is 24.3 Å². The van der Waals surface area contributed by atoms with Gasteiger partial charge in [0.2, 0.25) is 0 Å². The maximum absolute atomic E-state index is 13.7. The number of hydrogen-bond acceptors (Lipinski definition) is 0. The molecule has 100 valence electrons. The van der Waals surface area contributed by atoms with E-state index < -0.39 is 11.2 Å². The van der Waals surface area contributed by atoms with Crippen molar-refractivity contribution in [3.8, 4) is 0 Å². The van der Waals surface area contributed by atoms with Crippen molar-refractivity contribution >= 4 is 46.4 Å². The first kappa shape index (κ1) is 14.9. The van der Waals surface area contributed by atoms with E-state index in [2.05, 4.69) is 0 Å². The third kappa shape index (κ3) is 3.76. The molecule has 0 aromatic heterocycles. The summed E-state index contributed by atoms with van der Waals surface area (Å²) in [6.07, 6.45) is 0.455. The highest BCUT2D eigenvalue weighted by Gasteiger charge is 2.14. The van der Waals surface area contributed by atoms with E-state index in [1.807, 2.05) is 6.07 Å². The molecular weight excluding hydrogens is 329 g/mol. The standard InChI is InChI=1S/C14H9Cl4F/c15-9-2-3-10(14(19)7-9)12(17)5-8-1-4-11(16)13(18)6-8/h1-4,6-7,12H,5H2. The van der Waals surface area contributed by atoms with Crippen molar-refractivity contribution in [2.75, 3.05) is 0 Å². The molecule has 2 aromatic carbocycles. The Morgan fingerprint density at radius 3 is 2.32 bits per heavy atom. The molecule has 2 rings (SSSR count). The molecule has 0 saturated carbocycles. The van der Waals surface area contributed by atoms with Gasteiger partial charge in [-0.25, -0.2) is 4.39 Å². The molecule has 0 fully saturated rings. The van der Waals surface area contributed by atoms with Crippen LogP contribution in [0.4, 0.5) is 4.39 Å². The average molecular weight is 338 g/mol. The lowest BCUT2D eigenvalue weighted by Gasteiger charge is -2.12. The van der Waals surface area contributed by atoms with Gasteiger partial charge >= 0.3 is 0 Å². The van der Waals surface area contributed by atoms with Crippen molar-refractivity contribution in [3.63, 3.8) is 0 Å². The number of benzene rings is 2. The van der Waals surface area contributed by atoms with Gasteiger partial charge in [-0.1, -0.05) is 46.9 Å². The van der Waals surface area contributed by atoms with Gasteiger partial charge in [-0.2, -0.15) is 0 Å². The molecule has 5 heteroatoms. The first-order chi connectivity index (χ1) is 8.97. The molecule has 0 aliphatic heterocycles. The summed E-state index contributed by atoms with van der Waals surface area (Å²) in [7, 11) is 0. The van der Waals surface area contributed by atoms with Gasteiger partial charge in [0, 0.05) is 10.6 Å². The largest absolute Gasteiger partial charge is 0.207 e. The normalized spacial score (nSPS) is 12.5. The molecule has 2 aromatic rings. The molecule has 19 heavy (non-hydrogen) atoms. The molecule has 0 amide bonds. The van der Waals surface area contributed by atoms with Crippen molar-refractivity contribution in [2.24, 2.45) is 0 Å². The maximum atomic E-state index is 13.7. The number of alkyl halides is 1. The third-order valence-electron chi connectivity index (χ3n) is 2.70. The van der Waals surface area contributed by atoms with Gasteiger partial charge in [0.1, 0.15) is 5.82 Å². The number of halogens is 5. The monoisotopic (exact) mass is 336 g/mol. The van der Waals surface area contributed by atoms with Crippen LogP contribution in [0, 0.1) is 5.82 Å². The Morgan fingerprint density at radius 2 is 1.68 bits per heavy atom. The summed E-state index contributed by atoms with van der Waals surface area (Å²) in [5.74, 6) is -0.410. The zero-order valence-electron chi connectivity index (χ0n) is 9.64. The SMILES string of the molecule is Fc1cc(Cl)ccc1C(Cl)Cc1ccc(Cl)c(Cl)c1. The zero-order valence-corrected chi connectivity index (χ0v) is 12.7. The summed E-state index contributed by atoms with van der Waals surface area (Å²) >= 11 is 23.7. The summed E-state index contributed by atoms with van der Waals surface area (Å²) in [4.78, 5) is 0. The minimum atomic E-state index is -0.491. The van der Waals surface area contributed by atoms with Crippen LogP contribution in [0.3, 0.4) is 0 Å². The fourth-order valence-electron chi connectivity index (χ4n) is 1.74. The molecular formula is C14H9Cl4F. The highest BCUT2D eigenvalue weighted by atomic mass is 35.5. The Morgan fingerprint density at radius 1 is 0.947 bits per heavy atom. The molecule has 0 saturated heterocycles. The molecule has 0 aliphatic carbocycles. The summed E-state index contributed by atoms with van der Waals surface area (Å²) < 4.78 is 13.7. The molecule has 0 bridgehead atoms. The van der Waals surface area contributed by atoms with E-state index in [9.17, 15) is 4.39 Å². The van der Waals surface area contributed by atoms with Crippen LogP contribution >= 0.6 is 46.4 Å². The van der Waals surface area contributed by atoms with Crippen molar-refractivity contribution in [1.82, 2.24) is 0 Å². The lowest BCUT2D eigenvalue weighted by Crippen LogP contribution is -1.99. The van der Waals surface area contributed by atoms with Crippen LogP contribution in [0.15, 0.2) is 36.4 Å². The second kappa shape index (κ2) is 6.32. The maximum Gasteiger partial charge on any atom is 0.129 e. The Bertz CT molecular complexity index is 598. The number of hydrogen-bond donors (Lipinski definition) is 0. The second-order valence-electron chi connectivity index (χ2n) is 4.09. The van der Waals surface area contributed by atoms with E-state index in [1.165, 1.54) is 6.07 Å². The Hall–Kier alpha value is -0.470. The van der Waals surface area contributed by atoms with E-state index in [0.29, 0.717) is 27.1 Å². The fraction of sp³-hybridized carbons (Fsp3) is 0.143. The predicted octanol–water partition coefficient (Wildman–Crippen LogP) is 6.31. The van der Waals surface area contributed by atoms with E-state index >= 15 is 0 Å². The van der Waals surface area contributed by atoms with Gasteiger partial charge in [0.15, 0.2) is 0 Å². The van der Waals surface area contributed by atoms with E-state index in [0.717, 1.165) is 5.56 Å². The average Bonchev–Trinajstić information content (AvgIpc) is 2.33. The second-order valence-corrected chi connectivity index (χ2v) is 5.86. The van der Waals surface area contributed by atoms with Crippen LogP contribution in [0.25, 0.3) is 0 Å². The smallest absolute Gasteiger partial charge is 0.129 e. The minimum Gasteiger partial charge on any atom is -0.207 e. The first-order valence-electron chi connectivity index (χ1n) is 5.50. The van der Waals surface area contributed by atoms with Gasteiger partial charge in [0.05, 0.1) is 15.4 Å². The van der Waals surface area contributed by atoms with Gasteiger partial charge in [-0.15, -0.1) is 11.6 Å². The van der Waals surface area contributed by atoms with Crippen molar-refractivity contribution in [1.29, 1.82) is 0 Å². The zero-order chi connectivity index (χ0) is 14.0.